The molecule has 8 heavy (non-hydrogen) atoms. The molecule has 4 heteroatoms. The van der Waals surface area contributed by atoms with E-state index in [2.05, 4.69) is 11.3 Å². The Morgan fingerprint density at radius 1 is 2.00 bits per heavy atom. The first-order chi connectivity index (χ1) is 3.81. The lowest BCUT2D eigenvalue weighted by Gasteiger charge is -1.93. The van der Waals surface area contributed by atoms with E-state index in [4.69, 9.17) is 4.80 Å². The molecule has 0 radical (unpaired) electrons. The Morgan fingerprint density at radius 3 is 3.00 bits per heavy atom. The van der Waals surface area contributed by atoms with Gasteiger partial charge in [-0.15, -0.1) is 0 Å². The van der Waals surface area contributed by atoms with Crippen LogP contribution in [0.3, 0.4) is 0 Å². The fourth-order valence-corrected chi connectivity index (χ4v) is 0.498. The van der Waals surface area contributed by atoms with Gasteiger partial charge in [0.1, 0.15) is 6.23 Å². The monoisotopic (exact) mass is 132 g/mol. The van der Waals surface area contributed by atoms with Gasteiger partial charge in [0.05, 0.1) is 0 Å². The second-order valence-corrected chi connectivity index (χ2v) is 1.95. The maximum atomic E-state index is 10.1. The molecule has 46 valence electrons. The summed E-state index contributed by atoms with van der Waals surface area (Å²) in [6, 6.07) is 0. The minimum atomic E-state index is -1.13. The Hall–Kier alpha value is -0.613. The first-order valence-corrected chi connectivity index (χ1v) is 3.84. The van der Waals surface area contributed by atoms with Crippen LogP contribution in [0.1, 0.15) is 0 Å². The van der Waals surface area contributed by atoms with Crippen LogP contribution in [0, 0.1) is 0 Å². The van der Waals surface area contributed by atoms with Crippen LogP contribution in [0.4, 0.5) is 0 Å². The molecule has 0 heterocycles. The van der Waals surface area contributed by atoms with Crippen molar-refractivity contribution in [1.82, 2.24) is 0 Å². The third-order valence-electron chi connectivity index (χ3n) is 0.502. The van der Waals surface area contributed by atoms with Gasteiger partial charge in [0.15, 0.2) is 9.76 Å². The molecule has 1 N–H and O–H groups in total. The highest BCUT2D eigenvalue weighted by Crippen LogP contribution is 1.74. The summed E-state index contributed by atoms with van der Waals surface area (Å²) >= 11 is 0. The minimum absolute atomic E-state index is 0.185. The molecular formula is C4H8O3Si. The highest BCUT2D eigenvalue weighted by Gasteiger charge is 1.90. The summed E-state index contributed by atoms with van der Waals surface area (Å²) in [5.74, 6) is -0.466. The smallest absolute Gasteiger partial charge is 0.329 e. The van der Waals surface area contributed by atoms with E-state index in [1.54, 1.807) is 0 Å². The number of esters is 1. The highest BCUT2D eigenvalue weighted by atomic mass is 28.2. The van der Waals surface area contributed by atoms with Crippen LogP contribution in [0.5, 0.6) is 0 Å². The average molecular weight is 132 g/mol. The molecule has 0 atom stereocenters. The Kier molecular flexibility index (Phi) is 4.20. The van der Waals surface area contributed by atoms with Crippen LogP contribution < -0.4 is 0 Å². The summed E-state index contributed by atoms with van der Waals surface area (Å²) in [6.07, 6.45) is 1.26. The highest BCUT2D eigenvalue weighted by molar-refractivity contribution is 6.25. The van der Waals surface area contributed by atoms with Gasteiger partial charge in [0, 0.05) is 6.08 Å². The summed E-state index contributed by atoms with van der Waals surface area (Å²) in [4.78, 5) is 18.4. The van der Waals surface area contributed by atoms with Crippen LogP contribution in [-0.2, 0) is 9.53 Å². The maximum absolute atomic E-state index is 10.1. The maximum Gasteiger partial charge on any atom is 0.329 e. The Morgan fingerprint density at radius 2 is 2.62 bits per heavy atom. The first kappa shape index (κ1) is 7.39. The van der Waals surface area contributed by atoms with Gasteiger partial charge in [-0.2, -0.15) is 0 Å². The quantitative estimate of drug-likeness (QED) is 0.296. The molecule has 0 amide bonds. The lowest BCUT2D eigenvalue weighted by Crippen LogP contribution is -2.07. The van der Waals surface area contributed by atoms with E-state index in [1.165, 1.54) is 0 Å². The number of hydrogen-bond acceptors (Lipinski definition) is 3. The molecule has 0 aliphatic heterocycles. The lowest BCUT2D eigenvalue weighted by atomic mass is 10.7. The van der Waals surface area contributed by atoms with Crippen LogP contribution in [0.15, 0.2) is 12.7 Å². The van der Waals surface area contributed by atoms with E-state index < -0.39 is 15.7 Å². The molecule has 3 nitrogen and oxygen atoms in total. The van der Waals surface area contributed by atoms with Gasteiger partial charge in [-0.3, -0.25) is 0 Å². The summed E-state index contributed by atoms with van der Waals surface area (Å²) in [5, 5.41) is 0. The summed E-state index contributed by atoms with van der Waals surface area (Å²) in [5.41, 5.74) is 0. The number of ether oxygens (including phenoxy) is 1. The van der Waals surface area contributed by atoms with E-state index in [0.29, 0.717) is 0 Å². The zero-order valence-electron chi connectivity index (χ0n) is 4.46. The Balaban J connectivity index is 3.11. The van der Waals surface area contributed by atoms with E-state index in [1.807, 2.05) is 0 Å². The normalized spacial score (nSPS) is 9.62. The molecule has 0 aromatic carbocycles. The van der Waals surface area contributed by atoms with E-state index in [0.717, 1.165) is 6.08 Å². The summed E-state index contributed by atoms with van der Waals surface area (Å²) in [6.45, 7) is 3.17. The number of hydrogen-bond donors (Lipinski definition) is 1. The first-order valence-electron chi connectivity index (χ1n) is 2.21. The zero-order valence-corrected chi connectivity index (χ0v) is 5.88. The van der Waals surface area contributed by atoms with Crippen molar-refractivity contribution in [2.75, 3.05) is 6.23 Å². The van der Waals surface area contributed by atoms with E-state index in [9.17, 15) is 4.79 Å². The Labute approximate surface area is 49.9 Å². The molecule has 0 spiro atoms. The van der Waals surface area contributed by atoms with Gasteiger partial charge in [-0.05, 0) is 0 Å². The minimum Gasteiger partial charge on any atom is -0.464 e. The van der Waals surface area contributed by atoms with Crippen molar-refractivity contribution in [3.63, 3.8) is 0 Å². The molecule has 0 aliphatic rings. The van der Waals surface area contributed by atoms with Crippen molar-refractivity contribution in [1.29, 1.82) is 0 Å². The molecule has 0 fully saturated rings. The summed E-state index contributed by atoms with van der Waals surface area (Å²) < 4.78 is 4.40. The number of rotatable bonds is 3. The molecular weight excluding hydrogens is 124 g/mol. The third-order valence-corrected chi connectivity index (χ3v) is 0.889. The zero-order chi connectivity index (χ0) is 6.41. The third kappa shape index (κ3) is 3.57. The van der Waals surface area contributed by atoms with Gasteiger partial charge >= 0.3 is 5.97 Å². The van der Waals surface area contributed by atoms with Crippen LogP contribution >= 0.6 is 0 Å². The van der Waals surface area contributed by atoms with Crippen molar-refractivity contribution in [2.24, 2.45) is 0 Å². The molecule has 0 saturated heterocycles. The second-order valence-electron chi connectivity index (χ2n) is 1.10. The topological polar surface area (TPSA) is 46.5 Å². The standard InChI is InChI=1S/C4H8O3Si/c1-2-4(5)7-3-8-6/h2,6H,1,3,8H2. The van der Waals surface area contributed by atoms with Crippen LogP contribution in [-0.4, -0.2) is 26.8 Å². The second kappa shape index (κ2) is 4.54. The van der Waals surface area contributed by atoms with Crippen molar-refractivity contribution in [3.8, 4) is 0 Å². The van der Waals surface area contributed by atoms with Gasteiger partial charge in [0.2, 0.25) is 0 Å². The van der Waals surface area contributed by atoms with Crippen LogP contribution in [0.25, 0.3) is 0 Å². The predicted octanol–water partition coefficient (Wildman–Crippen LogP) is -1.25. The number of carbonyl (C=O) groups excluding carboxylic acids is 1. The van der Waals surface area contributed by atoms with Crippen molar-refractivity contribution in [3.05, 3.63) is 12.7 Å². The molecule has 0 unspecified atom stereocenters. The Bertz CT molecular complexity index is 91.3. The molecule has 0 aromatic heterocycles. The molecule has 0 saturated carbocycles. The van der Waals surface area contributed by atoms with E-state index >= 15 is 0 Å². The van der Waals surface area contributed by atoms with Gasteiger partial charge in [-0.1, -0.05) is 6.58 Å². The fraction of sp³-hybridized carbons (Fsp3) is 0.250. The average Bonchev–Trinajstić information content (AvgIpc) is 1.83. The fourth-order valence-electron chi connectivity index (χ4n) is 0.205. The molecule has 0 aliphatic carbocycles. The molecule has 0 rings (SSSR count). The molecule has 0 bridgehead atoms. The number of carbonyl (C=O) groups is 1. The van der Waals surface area contributed by atoms with Crippen molar-refractivity contribution in [2.45, 2.75) is 0 Å². The van der Waals surface area contributed by atoms with E-state index in [-0.39, 0.29) is 6.23 Å². The van der Waals surface area contributed by atoms with Gasteiger partial charge in [0.25, 0.3) is 0 Å². The lowest BCUT2D eigenvalue weighted by molar-refractivity contribution is -0.136. The van der Waals surface area contributed by atoms with Crippen LogP contribution in [0.2, 0.25) is 0 Å². The van der Waals surface area contributed by atoms with Crippen molar-refractivity contribution < 1.29 is 14.3 Å². The van der Waals surface area contributed by atoms with Gasteiger partial charge < -0.3 is 9.53 Å². The largest absolute Gasteiger partial charge is 0.464 e. The molecule has 0 aromatic rings. The predicted molar refractivity (Wildman–Crippen MR) is 31.9 cm³/mol. The van der Waals surface area contributed by atoms with Crippen molar-refractivity contribution >= 4 is 15.7 Å². The van der Waals surface area contributed by atoms with Gasteiger partial charge in [-0.25, -0.2) is 4.79 Å². The summed E-state index contributed by atoms with van der Waals surface area (Å²) in [7, 11) is -1.13. The SMILES string of the molecule is C=CC(=O)OC[SiH2]O.